The second-order valence-electron chi connectivity index (χ2n) is 5.47. The Morgan fingerprint density at radius 1 is 1.14 bits per heavy atom. The Hall–Kier alpha value is -2.29. The molecule has 2 aromatic carbocycles. The van der Waals surface area contributed by atoms with Gasteiger partial charge in [0.2, 0.25) is 5.91 Å². The van der Waals surface area contributed by atoms with Crippen LogP contribution in [0.25, 0.3) is 0 Å². The van der Waals surface area contributed by atoms with Crippen molar-refractivity contribution >= 4 is 5.91 Å². The Bertz CT molecular complexity index is 624. The molecule has 0 aromatic heterocycles. The van der Waals surface area contributed by atoms with E-state index in [1.165, 1.54) is 0 Å². The largest absolute Gasteiger partial charge is 0.489 e. The maximum atomic E-state index is 12.5. The zero-order valence-electron chi connectivity index (χ0n) is 12.2. The van der Waals surface area contributed by atoms with E-state index in [1.807, 2.05) is 66.4 Å². The molecule has 0 fully saturated rings. The molecule has 21 heavy (non-hydrogen) atoms. The van der Waals surface area contributed by atoms with Gasteiger partial charge in [-0.25, -0.2) is 0 Å². The van der Waals surface area contributed by atoms with Gasteiger partial charge in [-0.1, -0.05) is 48.5 Å². The summed E-state index contributed by atoms with van der Waals surface area (Å²) in [6, 6.07) is 17.8. The average molecular weight is 281 g/mol. The van der Waals surface area contributed by atoms with Gasteiger partial charge in [0, 0.05) is 12.1 Å². The Morgan fingerprint density at radius 3 is 2.67 bits per heavy atom. The van der Waals surface area contributed by atoms with E-state index in [-0.39, 0.29) is 12.0 Å². The van der Waals surface area contributed by atoms with Crippen LogP contribution in [0.15, 0.2) is 54.6 Å². The van der Waals surface area contributed by atoms with Gasteiger partial charge in [-0.05, 0) is 18.6 Å². The molecule has 2 aromatic rings. The van der Waals surface area contributed by atoms with E-state index in [0.717, 1.165) is 16.9 Å². The van der Waals surface area contributed by atoms with Crippen molar-refractivity contribution in [2.75, 3.05) is 6.54 Å². The minimum absolute atomic E-state index is 0.00775. The van der Waals surface area contributed by atoms with Gasteiger partial charge in [0.15, 0.2) is 0 Å². The fourth-order valence-electron chi connectivity index (χ4n) is 2.66. The number of carbonyl (C=O) groups excluding carboxylic acids is 1. The maximum absolute atomic E-state index is 12.5. The van der Waals surface area contributed by atoms with E-state index < -0.39 is 0 Å². The molecule has 0 saturated heterocycles. The number of benzene rings is 2. The smallest absolute Gasteiger partial charge is 0.227 e. The highest BCUT2D eigenvalue weighted by Crippen LogP contribution is 2.25. The van der Waals surface area contributed by atoms with Crippen LogP contribution in [0.1, 0.15) is 18.1 Å². The molecule has 0 bridgehead atoms. The first-order valence-electron chi connectivity index (χ1n) is 7.28. The lowest BCUT2D eigenvalue weighted by Gasteiger charge is -2.22. The van der Waals surface area contributed by atoms with Crippen molar-refractivity contribution in [3.63, 3.8) is 0 Å². The summed E-state index contributed by atoms with van der Waals surface area (Å²) in [6.45, 7) is 3.25. The number of hydrogen-bond donors (Lipinski definition) is 0. The number of para-hydroxylation sites is 1. The highest BCUT2D eigenvalue weighted by molar-refractivity contribution is 5.79. The molecule has 0 radical (unpaired) electrons. The molecule has 108 valence electrons. The molecule has 0 N–H and O–H groups in total. The van der Waals surface area contributed by atoms with Crippen LogP contribution in [0.5, 0.6) is 5.75 Å². The summed E-state index contributed by atoms with van der Waals surface area (Å²) in [5, 5.41) is 0. The fraction of sp³-hybridized carbons (Fsp3) is 0.278. The Balaban J connectivity index is 1.77. The van der Waals surface area contributed by atoms with Gasteiger partial charge in [0.25, 0.3) is 0 Å². The van der Waals surface area contributed by atoms with Crippen LogP contribution in [0.2, 0.25) is 0 Å². The number of fused-ring (bicyclic) bond motifs is 1. The SMILES string of the molecule is CC1CN(C(=O)Cc2ccccc2)Cc2ccccc2O1. The molecule has 0 aliphatic carbocycles. The first-order chi connectivity index (χ1) is 10.2. The lowest BCUT2D eigenvalue weighted by Crippen LogP contribution is -2.36. The van der Waals surface area contributed by atoms with Crippen LogP contribution >= 0.6 is 0 Å². The molecule has 3 heteroatoms. The Labute approximate surface area is 125 Å². The van der Waals surface area contributed by atoms with E-state index in [1.54, 1.807) is 0 Å². The molecule has 1 atom stereocenters. The number of amides is 1. The summed E-state index contributed by atoms with van der Waals surface area (Å²) in [4.78, 5) is 14.4. The third kappa shape index (κ3) is 3.24. The molecule has 1 aliphatic heterocycles. The second kappa shape index (κ2) is 6.00. The van der Waals surface area contributed by atoms with Crippen LogP contribution in [0.4, 0.5) is 0 Å². The van der Waals surface area contributed by atoms with E-state index in [2.05, 4.69) is 0 Å². The highest BCUT2D eigenvalue weighted by Gasteiger charge is 2.23. The lowest BCUT2D eigenvalue weighted by atomic mass is 10.1. The first kappa shape index (κ1) is 13.7. The number of nitrogens with zero attached hydrogens (tertiary/aromatic N) is 1. The van der Waals surface area contributed by atoms with Crippen LogP contribution in [-0.2, 0) is 17.8 Å². The second-order valence-corrected chi connectivity index (χ2v) is 5.47. The van der Waals surface area contributed by atoms with Gasteiger partial charge in [-0.2, -0.15) is 0 Å². The van der Waals surface area contributed by atoms with Crippen molar-refractivity contribution in [2.24, 2.45) is 0 Å². The average Bonchev–Trinajstić information content (AvgIpc) is 2.66. The van der Waals surface area contributed by atoms with Crippen LogP contribution in [0, 0.1) is 0 Å². The third-order valence-corrected chi connectivity index (χ3v) is 3.69. The molecule has 3 nitrogen and oxygen atoms in total. The van der Waals surface area contributed by atoms with E-state index in [9.17, 15) is 4.79 Å². The van der Waals surface area contributed by atoms with Crippen molar-refractivity contribution in [2.45, 2.75) is 26.0 Å². The summed E-state index contributed by atoms with van der Waals surface area (Å²) >= 11 is 0. The molecule has 1 unspecified atom stereocenters. The number of hydrogen-bond acceptors (Lipinski definition) is 2. The topological polar surface area (TPSA) is 29.5 Å². The van der Waals surface area contributed by atoms with E-state index in [4.69, 9.17) is 4.74 Å². The summed E-state index contributed by atoms with van der Waals surface area (Å²) in [7, 11) is 0. The van der Waals surface area contributed by atoms with Crippen molar-refractivity contribution in [3.8, 4) is 5.75 Å². The molecule has 0 saturated carbocycles. The van der Waals surface area contributed by atoms with Gasteiger partial charge in [-0.15, -0.1) is 0 Å². The van der Waals surface area contributed by atoms with Crippen molar-refractivity contribution in [3.05, 3.63) is 65.7 Å². The number of ether oxygens (including phenoxy) is 1. The summed E-state index contributed by atoms with van der Waals surface area (Å²) in [6.07, 6.45) is 0.448. The summed E-state index contributed by atoms with van der Waals surface area (Å²) < 4.78 is 5.89. The quantitative estimate of drug-likeness (QED) is 0.846. The Kier molecular flexibility index (Phi) is 3.91. The van der Waals surface area contributed by atoms with Crippen molar-refractivity contribution < 1.29 is 9.53 Å². The predicted octanol–water partition coefficient (Wildman–Crippen LogP) is 3.04. The van der Waals surface area contributed by atoms with Gasteiger partial charge in [-0.3, -0.25) is 4.79 Å². The fourth-order valence-corrected chi connectivity index (χ4v) is 2.66. The van der Waals surface area contributed by atoms with E-state index in [0.29, 0.717) is 19.5 Å². The molecule has 0 spiro atoms. The zero-order valence-corrected chi connectivity index (χ0v) is 12.2. The third-order valence-electron chi connectivity index (χ3n) is 3.69. The molecular formula is C18H19NO2. The first-order valence-corrected chi connectivity index (χ1v) is 7.28. The normalized spacial score (nSPS) is 17.6. The van der Waals surface area contributed by atoms with Gasteiger partial charge < -0.3 is 9.64 Å². The van der Waals surface area contributed by atoms with E-state index >= 15 is 0 Å². The molecule has 1 heterocycles. The van der Waals surface area contributed by atoms with Crippen molar-refractivity contribution in [1.29, 1.82) is 0 Å². The molecular weight excluding hydrogens is 262 g/mol. The highest BCUT2D eigenvalue weighted by atomic mass is 16.5. The van der Waals surface area contributed by atoms with Crippen molar-refractivity contribution in [1.82, 2.24) is 4.90 Å². The van der Waals surface area contributed by atoms with Crippen LogP contribution < -0.4 is 4.74 Å². The van der Waals surface area contributed by atoms with Crippen LogP contribution in [-0.4, -0.2) is 23.5 Å². The minimum Gasteiger partial charge on any atom is -0.489 e. The van der Waals surface area contributed by atoms with Gasteiger partial charge in [0.05, 0.1) is 13.0 Å². The standard InChI is InChI=1S/C18H19NO2/c1-14-12-19(13-16-9-5-6-10-17(16)21-14)18(20)11-15-7-3-2-4-8-15/h2-10,14H,11-13H2,1H3. The number of carbonyl (C=O) groups is 1. The summed E-state index contributed by atoms with van der Waals surface area (Å²) in [5.74, 6) is 1.04. The molecule has 1 aliphatic rings. The lowest BCUT2D eigenvalue weighted by molar-refractivity contribution is -0.131. The number of rotatable bonds is 2. The maximum Gasteiger partial charge on any atom is 0.227 e. The van der Waals surface area contributed by atoms with Gasteiger partial charge >= 0.3 is 0 Å². The molecule has 1 amide bonds. The zero-order chi connectivity index (χ0) is 14.7. The Morgan fingerprint density at radius 2 is 1.86 bits per heavy atom. The molecule has 3 rings (SSSR count). The summed E-state index contributed by atoms with van der Waals surface area (Å²) in [5.41, 5.74) is 2.12. The van der Waals surface area contributed by atoms with Crippen LogP contribution in [0.3, 0.4) is 0 Å². The monoisotopic (exact) mass is 281 g/mol. The predicted molar refractivity (Wildman–Crippen MR) is 82.1 cm³/mol. The van der Waals surface area contributed by atoms with Gasteiger partial charge in [0.1, 0.15) is 11.9 Å². The minimum atomic E-state index is 0.00775.